The summed E-state index contributed by atoms with van der Waals surface area (Å²) in [6.45, 7) is 2.21. The molecule has 0 fully saturated rings. The van der Waals surface area contributed by atoms with Crippen LogP contribution in [0.2, 0.25) is 0 Å². The Balaban J connectivity index is 3.17. The average molecular weight is 422 g/mol. The summed E-state index contributed by atoms with van der Waals surface area (Å²) in [5, 5.41) is 0. The van der Waals surface area contributed by atoms with Crippen LogP contribution in [0, 0.1) is 0 Å². The molecule has 0 radical (unpaired) electrons. The van der Waals surface area contributed by atoms with E-state index in [4.69, 9.17) is 0 Å². The second-order valence-corrected chi connectivity index (χ2v) is 8.79. The summed E-state index contributed by atoms with van der Waals surface area (Å²) in [4.78, 5) is 0. The van der Waals surface area contributed by atoms with Crippen molar-refractivity contribution in [3.8, 4) is 0 Å². The molecule has 0 rings (SSSR count). The first-order valence-corrected chi connectivity index (χ1v) is 5.18. The molecule has 0 aromatic heterocycles. The summed E-state index contributed by atoms with van der Waals surface area (Å²) in [5.74, 6) is 0. The summed E-state index contributed by atoms with van der Waals surface area (Å²) in [7, 11) is 0. The Morgan fingerprint density at radius 3 is 1.67 bits per heavy atom. The molecular weight excluding hydrogens is 417 g/mol. The molecule has 0 saturated heterocycles. The molecule has 0 aliphatic rings. The smallest absolute Gasteiger partial charge is 0.0795 e. The van der Waals surface area contributed by atoms with Crippen LogP contribution in [0.4, 0.5) is 0 Å². The van der Waals surface area contributed by atoms with Gasteiger partial charge in [-0.05, 0) is 6.92 Å². The summed E-state index contributed by atoms with van der Waals surface area (Å²) in [6.07, 6.45) is 0. The first-order valence-electron chi connectivity index (χ1n) is 1.50. The van der Waals surface area contributed by atoms with Gasteiger partial charge in [0.15, 0.2) is 0 Å². The van der Waals surface area contributed by atoms with Gasteiger partial charge >= 0.3 is 0 Å². The Kier molecular flexibility index (Phi) is 4.45. The quantitative estimate of drug-likeness (QED) is 0.451. The summed E-state index contributed by atoms with van der Waals surface area (Å²) in [5.41, 5.74) is 0. The highest BCUT2D eigenvalue weighted by molar-refractivity contribution is 14.2. The van der Waals surface area contributed by atoms with Crippen LogP contribution in [0.25, 0.3) is 0 Å². The fourth-order valence-corrected chi connectivity index (χ4v) is 0. The van der Waals surface area contributed by atoms with Gasteiger partial charge in [0.1, 0.15) is 0 Å². The Morgan fingerprint density at radius 1 is 1.50 bits per heavy atom. The Hall–Kier alpha value is 2.19. The van der Waals surface area contributed by atoms with Crippen molar-refractivity contribution in [3.05, 3.63) is 0 Å². The van der Waals surface area contributed by atoms with E-state index in [1.54, 1.807) is 0 Å². The summed E-state index contributed by atoms with van der Waals surface area (Å²) >= 11 is 7.22. The van der Waals surface area contributed by atoms with Crippen LogP contribution in [-0.4, -0.2) is 5.86 Å². The van der Waals surface area contributed by atoms with E-state index < -0.39 is 0 Å². The predicted molar refractivity (Wildman–Crippen MR) is 55.3 cm³/mol. The third-order valence-electron chi connectivity index (χ3n) is 0.235. The van der Waals surface area contributed by atoms with Gasteiger partial charge in [0.2, 0.25) is 0 Å². The van der Waals surface area contributed by atoms with Crippen molar-refractivity contribution >= 4 is 67.8 Å². The van der Waals surface area contributed by atoms with E-state index in [2.05, 4.69) is 74.7 Å². The lowest BCUT2D eigenvalue weighted by Crippen LogP contribution is -2.03. The van der Waals surface area contributed by atoms with Crippen molar-refractivity contribution in [2.24, 2.45) is 0 Å². The maximum Gasteiger partial charge on any atom is 0.0795 e. The van der Waals surface area contributed by atoms with Crippen LogP contribution in [0.5, 0.6) is 0 Å². The molecule has 0 spiro atoms. The molecule has 0 saturated carbocycles. The highest BCUT2D eigenvalue weighted by Gasteiger charge is 2.10. The lowest BCUT2D eigenvalue weighted by Gasteiger charge is -2.06. The van der Waals surface area contributed by atoms with Crippen molar-refractivity contribution in [3.63, 3.8) is 0 Å². The topological polar surface area (TPSA) is 0 Å². The van der Waals surface area contributed by atoms with Crippen molar-refractivity contribution in [2.75, 3.05) is 4.43 Å². The highest BCUT2D eigenvalue weighted by Crippen LogP contribution is 2.28. The van der Waals surface area contributed by atoms with Crippen LogP contribution in [0.3, 0.4) is 0 Å². The van der Waals surface area contributed by atoms with Crippen molar-refractivity contribution in [2.45, 2.75) is 8.35 Å². The molecule has 0 aliphatic heterocycles. The van der Waals surface area contributed by atoms with E-state index in [9.17, 15) is 0 Å². The number of hydrogen-bond donors (Lipinski definition) is 0. The molecule has 0 atom stereocenters. The predicted octanol–water partition coefficient (Wildman–Crippen LogP) is 3.01. The van der Waals surface area contributed by atoms with Gasteiger partial charge in [-0.1, -0.05) is 67.8 Å². The molecular formula is C3H5I3. The SMILES string of the molecule is CC(I)(I)CI. The maximum atomic E-state index is 2.42. The molecule has 0 nitrogen and oxygen atoms in total. The Morgan fingerprint density at radius 2 is 1.67 bits per heavy atom. The number of alkyl halides is 3. The van der Waals surface area contributed by atoms with Gasteiger partial charge in [-0.15, -0.1) is 0 Å². The molecule has 3 heteroatoms. The molecule has 0 bridgehead atoms. The second-order valence-electron chi connectivity index (χ2n) is 1.20. The molecule has 0 amide bonds. The van der Waals surface area contributed by atoms with Gasteiger partial charge in [0.25, 0.3) is 0 Å². The zero-order valence-electron chi connectivity index (χ0n) is 3.34. The minimum Gasteiger partial charge on any atom is -0.0841 e. The lowest BCUT2D eigenvalue weighted by molar-refractivity contribution is 1.17. The third kappa shape index (κ3) is 6.19. The van der Waals surface area contributed by atoms with Gasteiger partial charge in [-0.25, -0.2) is 0 Å². The monoisotopic (exact) mass is 422 g/mol. The molecule has 0 aliphatic carbocycles. The van der Waals surface area contributed by atoms with E-state index in [1.807, 2.05) is 0 Å². The molecule has 0 aromatic carbocycles. The summed E-state index contributed by atoms with van der Waals surface area (Å²) < 4.78 is 1.68. The molecule has 38 valence electrons. The Bertz CT molecular complexity index is 35.8. The van der Waals surface area contributed by atoms with Crippen LogP contribution < -0.4 is 0 Å². The third-order valence-corrected chi connectivity index (χ3v) is 5.44. The van der Waals surface area contributed by atoms with E-state index >= 15 is 0 Å². The molecule has 0 unspecified atom stereocenters. The van der Waals surface area contributed by atoms with Gasteiger partial charge in [0, 0.05) is 4.43 Å². The minimum absolute atomic E-state index is 0.468. The van der Waals surface area contributed by atoms with Gasteiger partial charge in [0.05, 0.1) is 1.43 Å². The van der Waals surface area contributed by atoms with Gasteiger partial charge in [-0.3, -0.25) is 0 Å². The van der Waals surface area contributed by atoms with E-state index in [0.717, 1.165) is 0 Å². The largest absolute Gasteiger partial charge is 0.0841 e. The number of rotatable bonds is 1. The van der Waals surface area contributed by atoms with Crippen LogP contribution in [0.1, 0.15) is 6.92 Å². The first kappa shape index (κ1) is 8.19. The summed E-state index contributed by atoms with van der Waals surface area (Å²) in [6, 6.07) is 0. The van der Waals surface area contributed by atoms with Crippen LogP contribution in [-0.2, 0) is 0 Å². The van der Waals surface area contributed by atoms with Crippen molar-refractivity contribution < 1.29 is 0 Å². The normalized spacial score (nSPS) is 12.0. The van der Waals surface area contributed by atoms with Gasteiger partial charge in [-0.2, -0.15) is 0 Å². The maximum absolute atomic E-state index is 2.42. The molecule has 0 aromatic rings. The fraction of sp³-hybridized carbons (Fsp3) is 1.00. The van der Waals surface area contributed by atoms with Crippen LogP contribution >= 0.6 is 67.8 Å². The number of halogens is 3. The molecule has 0 heterocycles. The molecule has 0 N–H and O–H groups in total. The molecule has 6 heavy (non-hydrogen) atoms. The van der Waals surface area contributed by atoms with Crippen molar-refractivity contribution in [1.82, 2.24) is 0 Å². The second kappa shape index (κ2) is 3.26. The zero-order valence-corrected chi connectivity index (χ0v) is 9.81. The lowest BCUT2D eigenvalue weighted by atomic mass is 10.6. The average Bonchev–Trinajstić information content (AvgIpc) is 1.35. The van der Waals surface area contributed by atoms with Crippen molar-refractivity contribution in [1.29, 1.82) is 0 Å². The minimum atomic E-state index is 0.468. The number of hydrogen-bond acceptors (Lipinski definition) is 0. The standard InChI is InChI=1S/C3H5I3/c1-3(5,6)2-4/h2H2,1H3. The first-order chi connectivity index (χ1) is 2.56. The highest BCUT2D eigenvalue weighted by atomic mass is 127. The zero-order chi connectivity index (χ0) is 5.21. The fourth-order valence-electron chi connectivity index (χ4n) is 0. The van der Waals surface area contributed by atoms with E-state index in [-0.39, 0.29) is 0 Å². The van der Waals surface area contributed by atoms with Crippen LogP contribution in [0.15, 0.2) is 0 Å². The van der Waals surface area contributed by atoms with E-state index in [0.29, 0.717) is 1.43 Å². The van der Waals surface area contributed by atoms with E-state index in [1.165, 1.54) is 4.43 Å². The Labute approximate surface area is 79.3 Å². The van der Waals surface area contributed by atoms with Gasteiger partial charge < -0.3 is 0 Å².